The largest absolute Gasteiger partial charge is 0.513 e. The second-order valence-electron chi connectivity index (χ2n) is 9.51. The van der Waals surface area contributed by atoms with Crippen molar-refractivity contribution in [2.75, 3.05) is 26.9 Å². The van der Waals surface area contributed by atoms with Crippen LogP contribution in [0.5, 0.6) is 11.5 Å². The number of nitrogens with one attached hydrogen (secondary N) is 1. The van der Waals surface area contributed by atoms with Crippen LogP contribution in [0.25, 0.3) is 0 Å². The SMILES string of the molecule is CCCCOC(=O)Oc1ccc(C[C@H](NCC(C)OC(=O)C(C)CCC)C(=O)OC)cc1OC(=O)OCCCC. The van der Waals surface area contributed by atoms with Gasteiger partial charge in [-0.3, -0.25) is 9.59 Å². The highest BCUT2D eigenvalue weighted by atomic mass is 16.7. The zero-order chi connectivity index (χ0) is 29.9. The first-order valence-corrected chi connectivity index (χ1v) is 14.0. The van der Waals surface area contributed by atoms with E-state index in [1.807, 2.05) is 27.7 Å². The topological polar surface area (TPSA) is 136 Å². The summed E-state index contributed by atoms with van der Waals surface area (Å²) in [4.78, 5) is 49.1. The van der Waals surface area contributed by atoms with E-state index < -0.39 is 30.4 Å². The van der Waals surface area contributed by atoms with Crippen LogP contribution in [0, 0.1) is 5.92 Å². The van der Waals surface area contributed by atoms with Crippen molar-refractivity contribution < 1.29 is 47.6 Å². The quantitative estimate of drug-likeness (QED) is 0.106. The number of hydrogen-bond donors (Lipinski definition) is 1. The number of benzene rings is 1. The summed E-state index contributed by atoms with van der Waals surface area (Å²) in [5, 5.41) is 3.08. The third kappa shape index (κ3) is 13.6. The molecule has 0 aromatic heterocycles. The van der Waals surface area contributed by atoms with E-state index in [-0.39, 0.29) is 49.6 Å². The number of methoxy groups -OCH3 is 1. The van der Waals surface area contributed by atoms with Gasteiger partial charge in [0.1, 0.15) is 12.1 Å². The van der Waals surface area contributed by atoms with Crippen LogP contribution in [0.1, 0.15) is 78.7 Å². The molecule has 40 heavy (non-hydrogen) atoms. The number of unbranched alkanes of at least 4 members (excludes halogenated alkanes) is 2. The van der Waals surface area contributed by atoms with Gasteiger partial charge in [-0.15, -0.1) is 0 Å². The molecule has 0 amide bonds. The minimum Gasteiger partial charge on any atom is -0.468 e. The fourth-order valence-corrected chi connectivity index (χ4v) is 3.51. The zero-order valence-corrected chi connectivity index (χ0v) is 24.6. The molecule has 2 unspecified atom stereocenters. The molecule has 0 saturated heterocycles. The van der Waals surface area contributed by atoms with Gasteiger partial charge in [-0.05, 0) is 50.3 Å². The summed E-state index contributed by atoms with van der Waals surface area (Å²) >= 11 is 0. The average Bonchev–Trinajstić information content (AvgIpc) is 2.92. The van der Waals surface area contributed by atoms with E-state index >= 15 is 0 Å². The van der Waals surface area contributed by atoms with Crippen LogP contribution in [0.3, 0.4) is 0 Å². The highest BCUT2D eigenvalue weighted by Gasteiger charge is 2.24. The number of hydrogen-bond acceptors (Lipinski definition) is 11. The van der Waals surface area contributed by atoms with E-state index in [2.05, 4.69) is 5.32 Å². The molecule has 1 N–H and O–H groups in total. The summed E-state index contributed by atoms with van der Waals surface area (Å²) < 4.78 is 31.1. The fourth-order valence-electron chi connectivity index (χ4n) is 3.51. The van der Waals surface area contributed by atoms with Crippen molar-refractivity contribution in [1.29, 1.82) is 0 Å². The second-order valence-corrected chi connectivity index (χ2v) is 9.51. The van der Waals surface area contributed by atoms with E-state index in [1.165, 1.54) is 19.2 Å². The molecular weight excluding hydrogens is 522 g/mol. The molecule has 0 aliphatic heterocycles. The van der Waals surface area contributed by atoms with Crippen molar-refractivity contribution in [2.45, 2.75) is 91.7 Å². The molecule has 226 valence electrons. The van der Waals surface area contributed by atoms with Crippen molar-refractivity contribution in [3.8, 4) is 11.5 Å². The molecule has 1 aromatic carbocycles. The van der Waals surface area contributed by atoms with E-state index in [9.17, 15) is 19.2 Å². The maximum Gasteiger partial charge on any atom is 0.513 e. The molecule has 11 heteroatoms. The molecule has 0 bridgehead atoms. The molecule has 0 spiro atoms. The third-order valence-electron chi connectivity index (χ3n) is 5.85. The van der Waals surface area contributed by atoms with Crippen molar-refractivity contribution in [3.05, 3.63) is 23.8 Å². The molecule has 0 heterocycles. The number of carbonyl (C=O) groups is 4. The van der Waals surface area contributed by atoms with Gasteiger partial charge in [0.25, 0.3) is 0 Å². The van der Waals surface area contributed by atoms with Gasteiger partial charge in [-0.25, -0.2) is 9.59 Å². The van der Waals surface area contributed by atoms with Crippen LogP contribution >= 0.6 is 0 Å². The van der Waals surface area contributed by atoms with Gasteiger partial charge in [0, 0.05) is 6.54 Å². The van der Waals surface area contributed by atoms with Gasteiger partial charge < -0.3 is 33.7 Å². The van der Waals surface area contributed by atoms with Gasteiger partial charge in [0.2, 0.25) is 0 Å². The number of rotatable bonds is 18. The van der Waals surface area contributed by atoms with Gasteiger partial charge in [-0.1, -0.05) is 53.0 Å². The molecule has 0 aliphatic carbocycles. The lowest BCUT2D eigenvalue weighted by Crippen LogP contribution is -2.43. The summed E-state index contributed by atoms with van der Waals surface area (Å²) in [5.74, 6) is -1.13. The first-order chi connectivity index (χ1) is 19.1. The highest BCUT2D eigenvalue weighted by Crippen LogP contribution is 2.30. The Bertz CT molecular complexity index is 935. The van der Waals surface area contributed by atoms with Crippen molar-refractivity contribution in [3.63, 3.8) is 0 Å². The Morgan fingerprint density at radius 2 is 1.43 bits per heavy atom. The van der Waals surface area contributed by atoms with Gasteiger partial charge in [0.15, 0.2) is 11.5 Å². The van der Waals surface area contributed by atoms with E-state index in [4.69, 9.17) is 28.4 Å². The monoisotopic (exact) mass is 567 g/mol. The average molecular weight is 568 g/mol. The van der Waals surface area contributed by atoms with E-state index in [0.29, 0.717) is 18.4 Å². The summed E-state index contributed by atoms with van der Waals surface area (Å²) in [7, 11) is 1.27. The third-order valence-corrected chi connectivity index (χ3v) is 5.85. The predicted molar refractivity (Wildman–Crippen MR) is 147 cm³/mol. The summed E-state index contributed by atoms with van der Waals surface area (Å²) in [6, 6.07) is 3.74. The smallest absolute Gasteiger partial charge is 0.468 e. The van der Waals surface area contributed by atoms with Crippen LogP contribution in [-0.2, 0) is 35.0 Å². The zero-order valence-electron chi connectivity index (χ0n) is 24.6. The fraction of sp³-hybridized carbons (Fsp3) is 0.655. The molecule has 0 aliphatic rings. The standard InChI is InChI=1S/C29H45NO10/c1-7-10-15-36-28(33)39-24-14-13-22(18-25(24)40-29(34)37-16-11-8-2)17-23(27(32)35-6)30-19-21(5)38-26(31)20(4)12-9-3/h13-14,18,20-21,23,30H,7-12,15-17,19H2,1-6H3/t20?,21?,23-/m0/s1. The molecule has 11 nitrogen and oxygen atoms in total. The molecule has 3 atom stereocenters. The van der Waals surface area contributed by atoms with Crippen LogP contribution in [0.4, 0.5) is 9.59 Å². The van der Waals surface area contributed by atoms with E-state index in [0.717, 1.165) is 25.7 Å². The number of carbonyl (C=O) groups excluding carboxylic acids is 4. The maximum absolute atomic E-state index is 12.5. The molecule has 0 fully saturated rings. The summed E-state index contributed by atoms with van der Waals surface area (Å²) in [5.41, 5.74) is 0.576. The molecule has 1 rings (SSSR count). The first-order valence-electron chi connectivity index (χ1n) is 14.0. The second kappa shape index (κ2) is 19.7. The van der Waals surface area contributed by atoms with Crippen molar-refractivity contribution >= 4 is 24.2 Å². The number of ether oxygens (including phenoxy) is 6. The van der Waals surface area contributed by atoms with Crippen LogP contribution in [0.15, 0.2) is 18.2 Å². The lowest BCUT2D eigenvalue weighted by molar-refractivity contribution is -0.152. The molecular formula is C29H45NO10. The predicted octanol–water partition coefficient (Wildman–Crippen LogP) is 5.36. The lowest BCUT2D eigenvalue weighted by Gasteiger charge is -2.21. The summed E-state index contributed by atoms with van der Waals surface area (Å²) in [6.07, 6.45) is 2.40. The van der Waals surface area contributed by atoms with Crippen LogP contribution in [0.2, 0.25) is 0 Å². The Morgan fingerprint density at radius 3 is 1.98 bits per heavy atom. The highest BCUT2D eigenvalue weighted by molar-refractivity contribution is 5.76. The van der Waals surface area contributed by atoms with Crippen LogP contribution < -0.4 is 14.8 Å². The molecule has 0 saturated carbocycles. The first kappa shape index (κ1) is 34.7. The van der Waals surface area contributed by atoms with Crippen LogP contribution in [-0.4, -0.2) is 63.3 Å². The Morgan fingerprint density at radius 1 is 0.825 bits per heavy atom. The van der Waals surface area contributed by atoms with Gasteiger partial charge in [-0.2, -0.15) is 0 Å². The lowest BCUT2D eigenvalue weighted by atomic mass is 10.0. The summed E-state index contributed by atoms with van der Waals surface area (Å²) in [6.45, 7) is 10.1. The molecule has 1 aromatic rings. The Hall–Kier alpha value is -3.34. The van der Waals surface area contributed by atoms with Gasteiger partial charge in [0.05, 0.1) is 26.2 Å². The minimum absolute atomic E-state index is 0.0398. The Kier molecular flexibility index (Phi) is 17.1. The van der Waals surface area contributed by atoms with Gasteiger partial charge >= 0.3 is 24.2 Å². The molecule has 0 radical (unpaired) electrons. The Balaban J connectivity index is 3.01. The minimum atomic E-state index is -0.953. The Labute approximate surface area is 237 Å². The number of esters is 2. The maximum atomic E-state index is 12.5. The van der Waals surface area contributed by atoms with Crippen molar-refractivity contribution in [2.24, 2.45) is 5.92 Å². The van der Waals surface area contributed by atoms with Crippen molar-refractivity contribution in [1.82, 2.24) is 5.32 Å². The normalized spacial score (nSPS) is 12.9. The van der Waals surface area contributed by atoms with E-state index in [1.54, 1.807) is 13.0 Å².